The Bertz CT molecular complexity index is 3150. The molecule has 8 aromatic carbocycles. The van der Waals surface area contributed by atoms with Gasteiger partial charge >= 0.3 is 0 Å². The second-order valence-corrected chi connectivity index (χ2v) is 13.5. The summed E-state index contributed by atoms with van der Waals surface area (Å²) in [5, 5.41) is 7.90. The topological polar surface area (TPSA) is 39.2 Å². The van der Waals surface area contributed by atoms with Gasteiger partial charge in [-0.2, -0.15) is 0 Å². The molecule has 3 nitrogen and oxygen atoms in total. The van der Waals surface area contributed by atoms with Crippen LogP contribution in [0.1, 0.15) is 0 Å². The van der Waals surface area contributed by atoms with Gasteiger partial charge in [0.1, 0.15) is 22.3 Å². The van der Waals surface area contributed by atoms with E-state index in [1.807, 2.05) is 24.3 Å². The first-order chi connectivity index (χ1) is 25.8. The molecule has 0 aliphatic heterocycles. The lowest BCUT2D eigenvalue weighted by atomic mass is 9.89. The highest BCUT2D eigenvalue weighted by atomic mass is 16.3. The minimum atomic E-state index is 0.860. The summed E-state index contributed by atoms with van der Waals surface area (Å²) < 4.78 is 12.6. The summed E-state index contributed by atoms with van der Waals surface area (Å²) in [7, 11) is 0. The smallest absolute Gasteiger partial charge is 0.136 e. The normalized spacial score (nSPS) is 11.8. The molecule has 0 aliphatic carbocycles. The molecule has 0 radical (unpaired) electrons. The van der Waals surface area contributed by atoms with Crippen LogP contribution in [0.2, 0.25) is 0 Å². The zero-order chi connectivity index (χ0) is 34.2. The number of para-hydroxylation sites is 3. The van der Waals surface area contributed by atoms with Gasteiger partial charge in [-0.25, -0.2) is 4.98 Å². The van der Waals surface area contributed by atoms with Crippen LogP contribution in [-0.2, 0) is 0 Å². The number of hydrogen-bond donors (Lipinski definition) is 0. The fourth-order valence-corrected chi connectivity index (χ4v) is 8.01. The van der Waals surface area contributed by atoms with Crippen LogP contribution in [-0.4, -0.2) is 4.98 Å². The van der Waals surface area contributed by atoms with Crippen molar-refractivity contribution in [3.63, 3.8) is 0 Å². The molecule has 0 saturated heterocycles. The van der Waals surface area contributed by atoms with Crippen molar-refractivity contribution in [3.05, 3.63) is 176 Å². The maximum atomic E-state index is 6.57. The van der Waals surface area contributed by atoms with Crippen molar-refractivity contribution in [2.75, 3.05) is 0 Å². The van der Waals surface area contributed by atoms with Crippen LogP contribution in [0.15, 0.2) is 185 Å². The Morgan fingerprint density at radius 3 is 1.60 bits per heavy atom. The lowest BCUT2D eigenvalue weighted by Crippen LogP contribution is -1.93. The summed E-state index contributed by atoms with van der Waals surface area (Å²) in [5.41, 5.74) is 13.6. The van der Waals surface area contributed by atoms with Gasteiger partial charge in [-0.3, -0.25) is 0 Å². The first-order valence-electron chi connectivity index (χ1n) is 17.6. The third kappa shape index (κ3) is 4.43. The van der Waals surface area contributed by atoms with E-state index in [2.05, 4.69) is 152 Å². The van der Waals surface area contributed by atoms with Crippen molar-refractivity contribution in [2.24, 2.45) is 0 Å². The number of rotatable bonds is 4. The summed E-state index contributed by atoms with van der Waals surface area (Å²) >= 11 is 0. The van der Waals surface area contributed by atoms with E-state index < -0.39 is 0 Å². The summed E-state index contributed by atoms with van der Waals surface area (Å²) in [6.07, 6.45) is 0. The lowest BCUT2D eigenvalue weighted by Gasteiger charge is -2.16. The molecule has 0 fully saturated rings. The molecule has 0 bridgehead atoms. The Morgan fingerprint density at radius 1 is 0.308 bits per heavy atom. The summed E-state index contributed by atoms with van der Waals surface area (Å²) in [5.74, 6) is 0. The molecular weight excluding hydrogens is 635 g/mol. The van der Waals surface area contributed by atoms with Crippen molar-refractivity contribution in [1.29, 1.82) is 0 Å². The summed E-state index contributed by atoms with van der Waals surface area (Å²) in [6, 6.07) is 62.0. The lowest BCUT2D eigenvalue weighted by molar-refractivity contribution is 0.669. The molecule has 0 saturated carbocycles. The average Bonchev–Trinajstić information content (AvgIpc) is 3.78. The highest BCUT2D eigenvalue weighted by Gasteiger charge is 2.21. The second kappa shape index (κ2) is 11.3. The standard InChI is InChI=1S/C49H29NO2/c1-2-10-34(11-3-1)49-40-29-45-48(38-14-6-9-17-43(38)52-45)46(47(40)37-13-4-7-15-41(37)50-49)33-24-22-31(23-25-33)30-18-20-32(21-19-30)35-26-27-44-39(28-35)36-12-5-8-16-42(36)51-44/h1-29H. The fraction of sp³-hybridized carbons (Fsp3) is 0. The zero-order valence-corrected chi connectivity index (χ0v) is 28.0. The predicted molar refractivity (Wildman–Crippen MR) is 216 cm³/mol. The number of benzene rings is 8. The van der Waals surface area contributed by atoms with E-state index in [4.69, 9.17) is 13.8 Å². The molecule has 3 aromatic heterocycles. The Labute approximate surface area is 299 Å². The van der Waals surface area contributed by atoms with Crippen LogP contribution >= 0.6 is 0 Å². The number of furan rings is 2. The van der Waals surface area contributed by atoms with Gasteiger partial charge in [0.25, 0.3) is 0 Å². The Kier molecular flexibility index (Phi) is 6.25. The minimum Gasteiger partial charge on any atom is -0.456 e. The van der Waals surface area contributed by atoms with Crippen LogP contribution < -0.4 is 0 Å². The zero-order valence-electron chi connectivity index (χ0n) is 28.0. The van der Waals surface area contributed by atoms with E-state index in [0.717, 1.165) is 88.1 Å². The quantitative estimate of drug-likeness (QED) is 0.176. The van der Waals surface area contributed by atoms with E-state index in [9.17, 15) is 0 Å². The highest BCUT2D eigenvalue weighted by molar-refractivity contribution is 6.27. The van der Waals surface area contributed by atoms with E-state index in [1.54, 1.807) is 0 Å². The van der Waals surface area contributed by atoms with Crippen LogP contribution in [0.5, 0.6) is 0 Å². The van der Waals surface area contributed by atoms with E-state index in [-0.39, 0.29) is 0 Å². The van der Waals surface area contributed by atoms with Gasteiger partial charge in [-0.15, -0.1) is 0 Å². The molecule has 0 aliphatic rings. The van der Waals surface area contributed by atoms with Crippen molar-refractivity contribution in [1.82, 2.24) is 4.98 Å². The first kappa shape index (κ1) is 28.8. The van der Waals surface area contributed by atoms with Gasteiger partial charge in [-0.1, -0.05) is 140 Å². The van der Waals surface area contributed by atoms with E-state index in [0.29, 0.717) is 0 Å². The Hall–Kier alpha value is -6.97. The molecule has 0 amide bonds. The molecular formula is C49H29NO2. The second-order valence-electron chi connectivity index (χ2n) is 13.5. The minimum absolute atomic E-state index is 0.860. The molecule has 0 N–H and O–H groups in total. The van der Waals surface area contributed by atoms with E-state index in [1.165, 1.54) is 22.1 Å². The SMILES string of the molecule is c1ccc(-c2nc3ccccc3c3c(-c4ccc(-c5ccc(-c6ccc7oc8ccccc8c7c6)cc5)cc4)c4c(cc23)oc2ccccc24)cc1. The third-order valence-corrected chi connectivity index (χ3v) is 10.5. The molecule has 242 valence electrons. The first-order valence-corrected chi connectivity index (χ1v) is 17.6. The van der Waals surface area contributed by atoms with Crippen LogP contribution in [0.25, 0.3) is 110 Å². The van der Waals surface area contributed by atoms with Crippen LogP contribution in [0.4, 0.5) is 0 Å². The molecule has 0 unspecified atom stereocenters. The summed E-state index contributed by atoms with van der Waals surface area (Å²) in [6.45, 7) is 0. The van der Waals surface area contributed by atoms with E-state index >= 15 is 0 Å². The van der Waals surface area contributed by atoms with Crippen LogP contribution in [0, 0.1) is 0 Å². The largest absolute Gasteiger partial charge is 0.456 e. The number of pyridine rings is 1. The van der Waals surface area contributed by atoms with Crippen molar-refractivity contribution in [3.8, 4) is 44.6 Å². The maximum absolute atomic E-state index is 6.57. The summed E-state index contributed by atoms with van der Waals surface area (Å²) in [4.78, 5) is 5.23. The molecule has 0 spiro atoms. The van der Waals surface area contributed by atoms with Crippen LogP contribution in [0.3, 0.4) is 0 Å². The van der Waals surface area contributed by atoms with Crippen molar-refractivity contribution < 1.29 is 8.83 Å². The Balaban J connectivity index is 1.07. The van der Waals surface area contributed by atoms with Gasteiger partial charge in [0, 0.05) is 48.8 Å². The number of hydrogen-bond acceptors (Lipinski definition) is 3. The average molecular weight is 664 g/mol. The monoisotopic (exact) mass is 663 g/mol. The molecule has 52 heavy (non-hydrogen) atoms. The van der Waals surface area contributed by atoms with Gasteiger partial charge in [0.2, 0.25) is 0 Å². The van der Waals surface area contributed by atoms with Gasteiger partial charge in [0.15, 0.2) is 0 Å². The number of nitrogens with zero attached hydrogens (tertiary/aromatic N) is 1. The number of fused-ring (bicyclic) bond motifs is 9. The molecule has 11 rings (SSSR count). The fourth-order valence-electron chi connectivity index (χ4n) is 8.01. The van der Waals surface area contributed by atoms with Gasteiger partial charge < -0.3 is 8.83 Å². The third-order valence-electron chi connectivity index (χ3n) is 10.5. The van der Waals surface area contributed by atoms with Gasteiger partial charge in [-0.05, 0) is 64.2 Å². The van der Waals surface area contributed by atoms with Crippen molar-refractivity contribution >= 4 is 65.6 Å². The molecule has 3 heterocycles. The maximum Gasteiger partial charge on any atom is 0.136 e. The highest BCUT2D eigenvalue weighted by Crippen LogP contribution is 2.46. The molecule has 3 heteroatoms. The van der Waals surface area contributed by atoms with Crippen molar-refractivity contribution in [2.45, 2.75) is 0 Å². The Morgan fingerprint density at radius 2 is 0.846 bits per heavy atom. The number of aromatic nitrogens is 1. The molecule has 11 aromatic rings. The van der Waals surface area contributed by atoms with Gasteiger partial charge in [0.05, 0.1) is 11.2 Å². The molecule has 0 atom stereocenters. The predicted octanol–water partition coefficient (Wildman–Crippen LogP) is 13.9.